The fourth-order valence-corrected chi connectivity index (χ4v) is 3.80. The highest BCUT2D eigenvalue weighted by Gasteiger charge is 2.27. The van der Waals surface area contributed by atoms with Gasteiger partial charge in [0.15, 0.2) is 0 Å². The molecule has 3 amide bonds. The number of amides is 3. The number of carbonyl (C=O) groups excluding carboxylic acids is 3. The summed E-state index contributed by atoms with van der Waals surface area (Å²) in [6, 6.07) is 12.1. The summed E-state index contributed by atoms with van der Waals surface area (Å²) < 4.78 is 0. The predicted octanol–water partition coefficient (Wildman–Crippen LogP) is 2.78. The van der Waals surface area contributed by atoms with Gasteiger partial charge < -0.3 is 20.4 Å². The molecule has 2 N–H and O–H groups in total. The number of hydrogen-bond acceptors (Lipinski definition) is 6. The minimum Gasteiger partial charge on any atom is -0.350 e. The molecule has 4 rings (SSSR count). The number of rotatable bonds is 6. The molecule has 0 spiro atoms. The van der Waals surface area contributed by atoms with E-state index in [4.69, 9.17) is 0 Å². The number of carbonyl (C=O) groups is 3. The second kappa shape index (κ2) is 9.70. The Morgan fingerprint density at radius 1 is 1.12 bits per heavy atom. The molecule has 1 saturated heterocycles. The first kappa shape index (κ1) is 22.9. The number of nitrogens with zero attached hydrogens (tertiary/aromatic N) is 4. The molecule has 1 unspecified atom stereocenters. The fourth-order valence-electron chi connectivity index (χ4n) is 3.80. The Bertz CT molecular complexity index is 1260. The number of likely N-dealkylation sites (tertiary alicyclic amines) is 1. The summed E-state index contributed by atoms with van der Waals surface area (Å²) in [5.41, 5.74) is 2.40. The third kappa shape index (κ3) is 5.03. The maximum absolute atomic E-state index is 12.9. The smallest absolute Gasteiger partial charge is 0.253 e. The molecule has 0 aliphatic carbocycles. The first-order chi connectivity index (χ1) is 16.3. The van der Waals surface area contributed by atoms with E-state index in [1.165, 1.54) is 11.0 Å². The highest BCUT2D eigenvalue weighted by Crippen LogP contribution is 2.20. The average Bonchev–Trinajstić information content (AvgIpc) is 3.31. The molecule has 9 nitrogen and oxygen atoms in total. The van der Waals surface area contributed by atoms with Crippen molar-refractivity contribution in [2.24, 2.45) is 0 Å². The summed E-state index contributed by atoms with van der Waals surface area (Å²) in [6.07, 6.45) is 3.68. The van der Waals surface area contributed by atoms with Gasteiger partial charge in [-0.25, -0.2) is 9.97 Å². The highest BCUT2D eigenvalue weighted by molar-refractivity contribution is 6.00. The van der Waals surface area contributed by atoms with Gasteiger partial charge in [-0.2, -0.15) is 0 Å². The van der Waals surface area contributed by atoms with Crippen LogP contribution in [0.1, 0.15) is 27.1 Å². The fraction of sp³-hybridized carbons (Fsp3) is 0.240. The number of nitrogens with one attached hydrogen (secondary N) is 2. The molecule has 1 atom stereocenters. The molecule has 0 bridgehead atoms. The summed E-state index contributed by atoms with van der Waals surface area (Å²) in [7, 11) is 3.42. The van der Waals surface area contributed by atoms with Crippen molar-refractivity contribution in [3.63, 3.8) is 0 Å². The summed E-state index contributed by atoms with van der Waals surface area (Å²) in [4.78, 5) is 48.8. The first-order valence-corrected chi connectivity index (χ1v) is 10.9. The second-order valence-corrected chi connectivity index (χ2v) is 8.32. The molecule has 174 valence electrons. The van der Waals surface area contributed by atoms with Crippen LogP contribution in [0, 0.1) is 0 Å². The van der Waals surface area contributed by atoms with Gasteiger partial charge in [-0.3, -0.25) is 14.4 Å². The lowest BCUT2D eigenvalue weighted by atomic mass is 10.1. The number of hydrogen-bond donors (Lipinski definition) is 2. The number of anilines is 2. The second-order valence-electron chi connectivity index (χ2n) is 8.32. The van der Waals surface area contributed by atoms with Crippen molar-refractivity contribution in [2.45, 2.75) is 12.5 Å². The van der Waals surface area contributed by atoms with Crippen molar-refractivity contribution in [2.75, 3.05) is 37.8 Å². The maximum atomic E-state index is 12.9. The van der Waals surface area contributed by atoms with Crippen molar-refractivity contribution in [3.05, 3.63) is 72.4 Å². The maximum Gasteiger partial charge on any atom is 0.253 e. The number of fused-ring (bicyclic) bond motifs is 1. The van der Waals surface area contributed by atoms with Gasteiger partial charge in [0.25, 0.3) is 11.8 Å². The number of aromatic nitrogens is 2. The molecule has 3 aromatic rings. The molecule has 1 aliphatic rings. The zero-order chi connectivity index (χ0) is 24.2. The predicted molar refractivity (Wildman–Crippen MR) is 131 cm³/mol. The van der Waals surface area contributed by atoms with Gasteiger partial charge in [0.05, 0.1) is 5.52 Å². The topological polar surface area (TPSA) is 108 Å². The Morgan fingerprint density at radius 2 is 1.85 bits per heavy atom. The zero-order valence-corrected chi connectivity index (χ0v) is 19.1. The monoisotopic (exact) mass is 458 g/mol. The highest BCUT2D eigenvalue weighted by atomic mass is 16.2. The molecule has 1 aromatic heterocycles. The van der Waals surface area contributed by atoms with Gasteiger partial charge in [-0.05, 0) is 48.9 Å². The van der Waals surface area contributed by atoms with Crippen LogP contribution in [0.2, 0.25) is 0 Å². The van der Waals surface area contributed by atoms with E-state index in [1.54, 1.807) is 61.6 Å². The lowest BCUT2D eigenvalue weighted by Crippen LogP contribution is -2.31. The minimum atomic E-state index is -0.302. The molecule has 2 aromatic carbocycles. The van der Waals surface area contributed by atoms with Crippen LogP contribution < -0.4 is 10.6 Å². The Labute approximate surface area is 197 Å². The minimum absolute atomic E-state index is 0.0131. The number of benzene rings is 2. The molecule has 0 saturated carbocycles. The molecule has 0 radical (unpaired) electrons. The van der Waals surface area contributed by atoms with Crippen molar-refractivity contribution in [3.8, 4) is 0 Å². The lowest BCUT2D eigenvalue weighted by Gasteiger charge is -2.17. The SMILES string of the molecule is C=CC(=O)Nc1ccc(C(=O)N2CCC(Nc3ncc4ccc(C(=O)N(C)C)cc4n3)C2)cc1. The molecule has 9 heteroatoms. The van der Waals surface area contributed by atoms with Gasteiger partial charge in [0.1, 0.15) is 0 Å². The molecule has 34 heavy (non-hydrogen) atoms. The van der Waals surface area contributed by atoms with Crippen molar-refractivity contribution in [1.82, 2.24) is 19.8 Å². The quantitative estimate of drug-likeness (QED) is 0.550. The van der Waals surface area contributed by atoms with Crippen molar-refractivity contribution in [1.29, 1.82) is 0 Å². The van der Waals surface area contributed by atoms with E-state index in [1.807, 2.05) is 6.07 Å². The average molecular weight is 459 g/mol. The Kier molecular flexibility index (Phi) is 6.53. The Hall–Kier alpha value is -4.27. The molecule has 1 fully saturated rings. The largest absolute Gasteiger partial charge is 0.350 e. The molecule has 1 aliphatic heterocycles. The Balaban J connectivity index is 1.40. The van der Waals surface area contributed by atoms with E-state index in [0.29, 0.717) is 41.4 Å². The molecule has 2 heterocycles. The van der Waals surface area contributed by atoms with Crippen LogP contribution in [0.4, 0.5) is 11.6 Å². The van der Waals surface area contributed by atoms with E-state index in [2.05, 4.69) is 27.2 Å². The summed E-state index contributed by atoms with van der Waals surface area (Å²) in [6.45, 7) is 4.55. The van der Waals surface area contributed by atoms with Gasteiger partial charge in [-0.1, -0.05) is 12.6 Å². The summed E-state index contributed by atoms with van der Waals surface area (Å²) in [5, 5.41) is 6.82. The molecular formula is C25H26N6O3. The van der Waals surface area contributed by atoms with Crippen molar-refractivity contribution >= 4 is 40.3 Å². The van der Waals surface area contributed by atoms with E-state index >= 15 is 0 Å². The first-order valence-electron chi connectivity index (χ1n) is 10.9. The van der Waals surface area contributed by atoms with Crippen LogP contribution >= 0.6 is 0 Å². The van der Waals surface area contributed by atoms with Gasteiger partial charge >= 0.3 is 0 Å². The molecular weight excluding hydrogens is 432 g/mol. The normalized spacial score (nSPS) is 15.1. The lowest BCUT2D eigenvalue weighted by molar-refractivity contribution is -0.111. The third-order valence-electron chi connectivity index (χ3n) is 5.63. The van der Waals surface area contributed by atoms with Crippen LogP contribution in [0.15, 0.2) is 61.3 Å². The Morgan fingerprint density at radius 3 is 2.56 bits per heavy atom. The van der Waals surface area contributed by atoms with Gasteiger partial charge in [0.2, 0.25) is 11.9 Å². The standard InChI is InChI=1S/C25H26N6O3/c1-4-22(32)27-19-9-7-16(8-10-19)24(34)31-12-11-20(15-31)28-25-26-14-18-6-5-17(13-21(18)29-25)23(33)30(2)3/h4-10,13-14,20H,1,11-12,15H2,2-3H3,(H,27,32)(H,26,28,29). The van der Waals surface area contributed by atoms with Crippen LogP contribution in [0.5, 0.6) is 0 Å². The van der Waals surface area contributed by atoms with Crippen LogP contribution in [0.25, 0.3) is 10.9 Å². The summed E-state index contributed by atoms with van der Waals surface area (Å²) >= 11 is 0. The van der Waals surface area contributed by atoms with Crippen molar-refractivity contribution < 1.29 is 14.4 Å². The van der Waals surface area contributed by atoms with E-state index in [0.717, 1.165) is 11.8 Å². The summed E-state index contributed by atoms with van der Waals surface area (Å²) in [5.74, 6) is 0.000728. The van der Waals surface area contributed by atoms with Crippen LogP contribution in [-0.4, -0.2) is 70.7 Å². The van der Waals surface area contributed by atoms with Crippen LogP contribution in [0.3, 0.4) is 0 Å². The third-order valence-corrected chi connectivity index (χ3v) is 5.63. The van der Waals surface area contributed by atoms with Gasteiger partial charge in [0, 0.05) is 61.6 Å². The zero-order valence-electron chi connectivity index (χ0n) is 19.1. The van der Waals surface area contributed by atoms with Gasteiger partial charge in [-0.15, -0.1) is 0 Å². The van der Waals surface area contributed by atoms with Crippen LogP contribution in [-0.2, 0) is 4.79 Å². The van der Waals surface area contributed by atoms with E-state index < -0.39 is 0 Å². The van der Waals surface area contributed by atoms with E-state index in [9.17, 15) is 14.4 Å². The van der Waals surface area contributed by atoms with E-state index in [-0.39, 0.29) is 23.8 Å².